The molecule has 10 heteroatoms. The van der Waals surface area contributed by atoms with E-state index in [1.165, 1.54) is 60.3 Å². The van der Waals surface area contributed by atoms with Crippen LogP contribution in [0.1, 0.15) is 29.3 Å². The number of carbonyl (C=O) groups excluding carboxylic acids is 3. The van der Waals surface area contributed by atoms with E-state index in [1.807, 2.05) is 6.92 Å². The molecule has 0 saturated heterocycles. The van der Waals surface area contributed by atoms with Gasteiger partial charge in [-0.3, -0.25) is 14.4 Å². The van der Waals surface area contributed by atoms with Gasteiger partial charge in [-0.2, -0.15) is 0 Å². The molecule has 0 aliphatic rings. The molecule has 0 spiro atoms. The van der Waals surface area contributed by atoms with Gasteiger partial charge >= 0.3 is 0 Å². The van der Waals surface area contributed by atoms with Gasteiger partial charge < -0.3 is 16.0 Å². The average molecular weight is 606 g/mol. The van der Waals surface area contributed by atoms with E-state index < -0.39 is 28.7 Å². The first-order valence-corrected chi connectivity index (χ1v) is 14.1. The third kappa shape index (κ3) is 8.52. The summed E-state index contributed by atoms with van der Waals surface area (Å²) in [4.78, 5) is 39.8. The zero-order valence-electron chi connectivity index (χ0n) is 22.4. The fourth-order valence-corrected chi connectivity index (χ4v) is 4.99. The first-order chi connectivity index (χ1) is 20.2. The zero-order chi connectivity index (χ0) is 30.1. The summed E-state index contributed by atoms with van der Waals surface area (Å²) in [5.74, 6) is -2.37. The number of halogens is 3. The van der Waals surface area contributed by atoms with Gasteiger partial charge in [-0.15, -0.1) is 11.8 Å². The molecule has 4 rings (SSSR count). The number of hydrogen-bond acceptors (Lipinski definition) is 4. The highest BCUT2D eigenvalue weighted by Gasteiger charge is 2.20. The smallest absolute Gasteiger partial charge is 0.272 e. The number of amides is 3. The molecule has 3 amide bonds. The van der Waals surface area contributed by atoms with Crippen LogP contribution in [0.2, 0.25) is 5.02 Å². The molecule has 0 saturated carbocycles. The lowest BCUT2D eigenvalue weighted by Gasteiger charge is -2.16. The van der Waals surface area contributed by atoms with Crippen molar-refractivity contribution < 1.29 is 23.2 Å². The highest BCUT2D eigenvalue weighted by molar-refractivity contribution is 8.00. The molecule has 42 heavy (non-hydrogen) atoms. The molecule has 4 aromatic rings. The van der Waals surface area contributed by atoms with Crippen molar-refractivity contribution >= 4 is 58.5 Å². The highest BCUT2D eigenvalue weighted by atomic mass is 35.5. The number of carbonyl (C=O) groups is 3. The number of rotatable bonds is 10. The monoisotopic (exact) mass is 605 g/mol. The Kier molecular flexibility index (Phi) is 10.5. The minimum absolute atomic E-state index is 0.0442. The second-order valence-corrected chi connectivity index (χ2v) is 10.7. The Bertz CT molecular complexity index is 1620. The molecule has 6 nitrogen and oxygen atoms in total. The molecule has 1 atom stereocenters. The third-order valence-electron chi connectivity index (χ3n) is 5.93. The molecular weight excluding hydrogens is 580 g/mol. The van der Waals surface area contributed by atoms with Crippen LogP contribution in [-0.4, -0.2) is 23.0 Å². The van der Waals surface area contributed by atoms with Gasteiger partial charge in [0.05, 0.1) is 10.3 Å². The van der Waals surface area contributed by atoms with E-state index in [0.717, 1.165) is 0 Å². The summed E-state index contributed by atoms with van der Waals surface area (Å²) >= 11 is 7.12. The topological polar surface area (TPSA) is 87.3 Å². The average Bonchev–Trinajstić information content (AvgIpc) is 2.99. The first kappa shape index (κ1) is 30.5. The van der Waals surface area contributed by atoms with Gasteiger partial charge in [0, 0.05) is 21.8 Å². The number of hydrogen-bond donors (Lipinski definition) is 3. The largest absolute Gasteiger partial charge is 0.325 e. The molecule has 0 heterocycles. The SMILES string of the molecule is CCC(Sc1cccc(NC(=O)/C(=C/c2ccc(F)cc2)NC(=O)c2ccccc2)c1)C(=O)Nc1ccc(F)c(Cl)c1. The van der Waals surface area contributed by atoms with Crippen LogP contribution in [0.15, 0.2) is 108 Å². The van der Waals surface area contributed by atoms with Crippen molar-refractivity contribution in [2.45, 2.75) is 23.5 Å². The summed E-state index contributed by atoms with van der Waals surface area (Å²) < 4.78 is 26.9. The molecule has 0 aliphatic carbocycles. The minimum atomic E-state index is -0.594. The second kappa shape index (κ2) is 14.4. The summed E-state index contributed by atoms with van der Waals surface area (Å²) in [6, 6.07) is 24.8. The second-order valence-electron chi connectivity index (χ2n) is 9.04. The van der Waals surface area contributed by atoms with Crippen molar-refractivity contribution in [1.29, 1.82) is 0 Å². The van der Waals surface area contributed by atoms with Crippen LogP contribution in [-0.2, 0) is 9.59 Å². The number of nitrogens with one attached hydrogen (secondary N) is 3. The molecular formula is C32H26ClF2N3O3S. The van der Waals surface area contributed by atoms with Crippen LogP contribution in [0, 0.1) is 11.6 Å². The predicted octanol–water partition coefficient (Wildman–Crippen LogP) is 7.54. The summed E-state index contributed by atoms with van der Waals surface area (Å²) in [5, 5.41) is 7.60. The number of anilines is 2. The summed E-state index contributed by atoms with van der Waals surface area (Å²) in [6.45, 7) is 1.86. The van der Waals surface area contributed by atoms with Gasteiger partial charge in [-0.05, 0) is 78.7 Å². The van der Waals surface area contributed by atoms with Gasteiger partial charge in [0.15, 0.2) is 0 Å². The lowest BCUT2D eigenvalue weighted by molar-refractivity contribution is -0.116. The minimum Gasteiger partial charge on any atom is -0.325 e. The zero-order valence-corrected chi connectivity index (χ0v) is 23.9. The van der Waals surface area contributed by atoms with E-state index >= 15 is 0 Å². The van der Waals surface area contributed by atoms with Crippen LogP contribution in [0.3, 0.4) is 0 Å². The molecule has 214 valence electrons. The van der Waals surface area contributed by atoms with E-state index in [0.29, 0.717) is 33.8 Å². The Morgan fingerprint density at radius 2 is 1.57 bits per heavy atom. The van der Waals surface area contributed by atoms with Crippen molar-refractivity contribution in [3.05, 3.63) is 131 Å². The maximum Gasteiger partial charge on any atom is 0.272 e. The third-order valence-corrected chi connectivity index (χ3v) is 7.58. The Balaban J connectivity index is 1.49. The molecule has 0 bridgehead atoms. The van der Waals surface area contributed by atoms with E-state index in [-0.39, 0.29) is 16.6 Å². The van der Waals surface area contributed by atoms with Crippen molar-refractivity contribution in [2.24, 2.45) is 0 Å². The van der Waals surface area contributed by atoms with E-state index in [9.17, 15) is 23.2 Å². The summed E-state index contributed by atoms with van der Waals surface area (Å²) in [6.07, 6.45) is 1.95. The number of thioether (sulfide) groups is 1. The van der Waals surface area contributed by atoms with Crippen molar-refractivity contribution in [2.75, 3.05) is 10.6 Å². The lowest BCUT2D eigenvalue weighted by atomic mass is 10.1. The fourth-order valence-electron chi connectivity index (χ4n) is 3.80. The Morgan fingerprint density at radius 1 is 0.857 bits per heavy atom. The van der Waals surface area contributed by atoms with Crippen LogP contribution in [0.25, 0.3) is 6.08 Å². The van der Waals surface area contributed by atoms with Crippen LogP contribution < -0.4 is 16.0 Å². The molecule has 0 radical (unpaired) electrons. The van der Waals surface area contributed by atoms with Crippen LogP contribution in [0.5, 0.6) is 0 Å². The van der Waals surface area contributed by atoms with Gasteiger partial charge in [-0.25, -0.2) is 8.78 Å². The fraction of sp³-hybridized carbons (Fsp3) is 0.0938. The quantitative estimate of drug-likeness (QED) is 0.129. The normalized spacial score (nSPS) is 11.9. The maximum atomic E-state index is 13.5. The molecule has 4 aromatic carbocycles. The van der Waals surface area contributed by atoms with Crippen molar-refractivity contribution in [3.8, 4) is 0 Å². The molecule has 3 N–H and O–H groups in total. The first-order valence-electron chi connectivity index (χ1n) is 12.9. The van der Waals surface area contributed by atoms with Gasteiger partial charge in [-0.1, -0.05) is 54.9 Å². The maximum absolute atomic E-state index is 13.5. The van der Waals surface area contributed by atoms with Gasteiger partial charge in [0.2, 0.25) is 5.91 Å². The lowest BCUT2D eigenvalue weighted by Crippen LogP contribution is -2.30. The van der Waals surface area contributed by atoms with E-state index in [4.69, 9.17) is 11.6 Å². The van der Waals surface area contributed by atoms with Crippen molar-refractivity contribution in [3.63, 3.8) is 0 Å². The molecule has 0 fully saturated rings. The molecule has 1 unspecified atom stereocenters. The standard InChI is InChI=1S/C32H26ClF2N3O3S/c1-2-29(32(41)37-24-15-16-27(35)26(33)19-24)42-25-10-6-9-23(18-25)36-31(40)28(17-20-11-13-22(34)14-12-20)38-30(39)21-7-4-3-5-8-21/h3-19,29H,2H2,1H3,(H,36,40)(H,37,41)(H,38,39)/b28-17-. The summed E-state index contributed by atoms with van der Waals surface area (Å²) in [5.41, 5.74) is 1.64. The van der Waals surface area contributed by atoms with E-state index in [1.54, 1.807) is 54.6 Å². The molecule has 0 aromatic heterocycles. The van der Waals surface area contributed by atoms with Crippen molar-refractivity contribution in [1.82, 2.24) is 5.32 Å². The highest BCUT2D eigenvalue weighted by Crippen LogP contribution is 2.29. The Hall–Kier alpha value is -4.47. The predicted molar refractivity (Wildman–Crippen MR) is 163 cm³/mol. The summed E-state index contributed by atoms with van der Waals surface area (Å²) in [7, 11) is 0. The van der Waals surface area contributed by atoms with Gasteiger partial charge in [0.25, 0.3) is 11.8 Å². The van der Waals surface area contributed by atoms with E-state index in [2.05, 4.69) is 16.0 Å². The number of benzene rings is 4. The Morgan fingerprint density at radius 3 is 2.26 bits per heavy atom. The van der Waals surface area contributed by atoms with Crippen LogP contribution >= 0.6 is 23.4 Å². The van der Waals surface area contributed by atoms with Gasteiger partial charge in [0.1, 0.15) is 17.3 Å². The Labute approximate surface area is 251 Å². The van der Waals surface area contributed by atoms with Crippen LogP contribution in [0.4, 0.5) is 20.2 Å². The molecule has 0 aliphatic heterocycles.